The van der Waals surface area contributed by atoms with Gasteiger partial charge in [0.25, 0.3) is 0 Å². The maximum absolute atomic E-state index is 13.1. The van der Waals surface area contributed by atoms with E-state index in [1.54, 1.807) is 12.1 Å². The summed E-state index contributed by atoms with van der Waals surface area (Å²) in [6.07, 6.45) is 0.777. The Kier molecular flexibility index (Phi) is 4.35. The zero-order valence-corrected chi connectivity index (χ0v) is 12.2. The summed E-state index contributed by atoms with van der Waals surface area (Å²) in [4.78, 5) is 0.206. The molecule has 88 valence electrons. The summed E-state index contributed by atoms with van der Waals surface area (Å²) in [5.41, 5.74) is 2.19. The first-order valence-corrected chi connectivity index (χ1v) is 7.00. The molecule has 0 fully saturated rings. The van der Waals surface area contributed by atoms with Crippen LogP contribution >= 0.6 is 31.9 Å². The van der Waals surface area contributed by atoms with E-state index in [9.17, 15) is 4.39 Å². The summed E-state index contributed by atoms with van der Waals surface area (Å²) in [6, 6.07) is 14.9. The topological polar surface area (TPSA) is 0 Å². The Bertz CT molecular complexity index is 494. The highest BCUT2D eigenvalue weighted by Crippen LogP contribution is 2.28. The lowest BCUT2D eigenvalue weighted by Crippen LogP contribution is -1.95. The zero-order chi connectivity index (χ0) is 12.3. The van der Waals surface area contributed by atoms with Crippen LogP contribution in [0.1, 0.15) is 16.0 Å². The number of alkyl halides is 1. The lowest BCUT2D eigenvalue weighted by atomic mass is 10.0. The summed E-state index contributed by atoms with van der Waals surface area (Å²) in [5.74, 6) is -0.182. The van der Waals surface area contributed by atoms with Crippen molar-refractivity contribution in [3.05, 3.63) is 69.9 Å². The minimum absolute atomic E-state index is 0.182. The van der Waals surface area contributed by atoms with E-state index in [1.165, 1.54) is 11.6 Å². The van der Waals surface area contributed by atoms with E-state index in [4.69, 9.17) is 0 Å². The van der Waals surface area contributed by atoms with Gasteiger partial charge >= 0.3 is 0 Å². The fourth-order valence-corrected chi connectivity index (χ4v) is 2.60. The van der Waals surface area contributed by atoms with Crippen molar-refractivity contribution in [2.24, 2.45) is 0 Å². The number of halogens is 3. The Morgan fingerprint density at radius 3 is 2.41 bits per heavy atom. The molecule has 0 saturated heterocycles. The van der Waals surface area contributed by atoms with Gasteiger partial charge in [-0.3, -0.25) is 0 Å². The fraction of sp³-hybridized carbons (Fsp3) is 0.143. The summed E-state index contributed by atoms with van der Waals surface area (Å²) < 4.78 is 14.1. The van der Waals surface area contributed by atoms with Gasteiger partial charge in [-0.25, -0.2) is 4.39 Å². The third-order valence-electron chi connectivity index (χ3n) is 2.54. The molecule has 1 atom stereocenters. The van der Waals surface area contributed by atoms with Crippen LogP contribution in [0, 0.1) is 5.82 Å². The van der Waals surface area contributed by atoms with Crippen LogP contribution in [-0.4, -0.2) is 0 Å². The highest BCUT2D eigenvalue weighted by molar-refractivity contribution is 9.10. The predicted molar refractivity (Wildman–Crippen MR) is 75.9 cm³/mol. The second kappa shape index (κ2) is 5.78. The molecule has 1 unspecified atom stereocenters. The minimum atomic E-state index is -0.182. The summed E-state index contributed by atoms with van der Waals surface area (Å²) in [7, 11) is 0. The summed E-state index contributed by atoms with van der Waals surface area (Å²) in [6.45, 7) is 0. The van der Waals surface area contributed by atoms with Gasteiger partial charge in [0.2, 0.25) is 0 Å². The monoisotopic (exact) mass is 356 g/mol. The minimum Gasteiger partial charge on any atom is -0.207 e. The van der Waals surface area contributed by atoms with Gasteiger partial charge in [0.05, 0.1) is 0 Å². The third kappa shape index (κ3) is 3.65. The van der Waals surface area contributed by atoms with Crippen molar-refractivity contribution in [2.75, 3.05) is 0 Å². The largest absolute Gasteiger partial charge is 0.207 e. The molecular formula is C14H11Br2F. The maximum atomic E-state index is 13.1. The Labute approximate surface area is 117 Å². The van der Waals surface area contributed by atoms with Crippen LogP contribution in [0.2, 0.25) is 0 Å². The SMILES string of the molecule is Fc1cccc(CC(Br)c2ccc(Br)cc2)c1. The fourth-order valence-electron chi connectivity index (χ4n) is 1.66. The van der Waals surface area contributed by atoms with E-state index >= 15 is 0 Å². The van der Waals surface area contributed by atoms with Crippen molar-refractivity contribution in [3.8, 4) is 0 Å². The Hall–Kier alpha value is -0.670. The van der Waals surface area contributed by atoms with Gasteiger partial charge in [0, 0.05) is 9.30 Å². The first-order chi connectivity index (χ1) is 8.15. The second-order valence-corrected chi connectivity index (χ2v) is 5.87. The first-order valence-electron chi connectivity index (χ1n) is 5.29. The molecule has 3 heteroatoms. The van der Waals surface area contributed by atoms with Crippen LogP contribution < -0.4 is 0 Å². The zero-order valence-electron chi connectivity index (χ0n) is 9.04. The van der Waals surface area contributed by atoms with E-state index < -0.39 is 0 Å². The standard InChI is InChI=1S/C14H11Br2F/c15-12-6-4-11(5-7-12)14(16)9-10-2-1-3-13(17)8-10/h1-8,14H,9H2. The average molecular weight is 358 g/mol. The van der Waals surface area contributed by atoms with Crippen molar-refractivity contribution >= 4 is 31.9 Å². The molecule has 0 aliphatic carbocycles. The van der Waals surface area contributed by atoms with E-state index in [0.717, 1.165) is 16.5 Å². The lowest BCUT2D eigenvalue weighted by molar-refractivity contribution is 0.625. The highest BCUT2D eigenvalue weighted by atomic mass is 79.9. The molecule has 0 amide bonds. The number of benzene rings is 2. The Balaban J connectivity index is 2.11. The average Bonchev–Trinajstić information content (AvgIpc) is 2.29. The van der Waals surface area contributed by atoms with Gasteiger partial charge in [-0.15, -0.1) is 0 Å². The normalized spacial score (nSPS) is 12.4. The second-order valence-electron chi connectivity index (χ2n) is 3.85. The van der Waals surface area contributed by atoms with Gasteiger partial charge in [-0.05, 0) is 41.8 Å². The molecule has 2 aromatic carbocycles. The molecule has 0 bridgehead atoms. The van der Waals surface area contributed by atoms with Gasteiger partial charge in [0.1, 0.15) is 5.82 Å². The first kappa shape index (κ1) is 12.8. The quantitative estimate of drug-likeness (QED) is 0.656. The molecule has 0 spiro atoms. The molecule has 0 aliphatic rings. The summed E-state index contributed by atoms with van der Waals surface area (Å²) in [5, 5.41) is 0. The van der Waals surface area contributed by atoms with Gasteiger partial charge in [0.15, 0.2) is 0 Å². The van der Waals surface area contributed by atoms with Crippen molar-refractivity contribution < 1.29 is 4.39 Å². The Morgan fingerprint density at radius 2 is 1.76 bits per heavy atom. The van der Waals surface area contributed by atoms with Crippen LogP contribution in [-0.2, 0) is 6.42 Å². The molecule has 0 N–H and O–H groups in total. The van der Waals surface area contributed by atoms with Crippen LogP contribution in [0.15, 0.2) is 53.0 Å². The summed E-state index contributed by atoms with van der Waals surface area (Å²) >= 11 is 7.04. The molecule has 2 aromatic rings. The number of rotatable bonds is 3. The van der Waals surface area contributed by atoms with E-state index in [-0.39, 0.29) is 10.6 Å². The van der Waals surface area contributed by atoms with Gasteiger partial charge < -0.3 is 0 Å². The van der Waals surface area contributed by atoms with Gasteiger partial charge in [-0.1, -0.05) is 56.1 Å². The molecule has 2 rings (SSSR count). The van der Waals surface area contributed by atoms with Crippen molar-refractivity contribution in [2.45, 2.75) is 11.2 Å². The molecule has 17 heavy (non-hydrogen) atoms. The van der Waals surface area contributed by atoms with Crippen LogP contribution in [0.3, 0.4) is 0 Å². The molecule has 0 radical (unpaired) electrons. The van der Waals surface area contributed by atoms with Crippen LogP contribution in [0.5, 0.6) is 0 Å². The molecule has 0 heterocycles. The number of hydrogen-bond donors (Lipinski definition) is 0. The van der Waals surface area contributed by atoms with Gasteiger partial charge in [-0.2, -0.15) is 0 Å². The van der Waals surface area contributed by atoms with E-state index in [1.807, 2.05) is 18.2 Å². The van der Waals surface area contributed by atoms with Crippen LogP contribution in [0.4, 0.5) is 4.39 Å². The van der Waals surface area contributed by atoms with Crippen molar-refractivity contribution in [1.82, 2.24) is 0 Å². The van der Waals surface area contributed by atoms with Crippen LogP contribution in [0.25, 0.3) is 0 Å². The third-order valence-corrected chi connectivity index (χ3v) is 3.92. The highest BCUT2D eigenvalue weighted by Gasteiger charge is 2.08. The van der Waals surface area contributed by atoms with Crippen molar-refractivity contribution in [1.29, 1.82) is 0 Å². The number of hydrogen-bond acceptors (Lipinski definition) is 0. The molecule has 0 saturated carbocycles. The molecule has 0 aromatic heterocycles. The van der Waals surface area contributed by atoms with Crippen molar-refractivity contribution in [3.63, 3.8) is 0 Å². The lowest BCUT2D eigenvalue weighted by Gasteiger charge is -2.10. The molecular weight excluding hydrogens is 347 g/mol. The Morgan fingerprint density at radius 1 is 1.06 bits per heavy atom. The smallest absolute Gasteiger partial charge is 0.123 e. The maximum Gasteiger partial charge on any atom is 0.123 e. The predicted octanol–water partition coefficient (Wildman–Crippen LogP) is 5.27. The van der Waals surface area contributed by atoms with E-state index in [2.05, 4.69) is 44.0 Å². The van der Waals surface area contributed by atoms with E-state index in [0.29, 0.717) is 0 Å². The molecule has 0 nitrogen and oxygen atoms in total. The molecule has 0 aliphatic heterocycles.